The Bertz CT molecular complexity index is 552. The van der Waals surface area contributed by atoms with Gasteiger partial charge in [-0.25, -0.2) is 0 Å². The third-order valence-electron chi connectivity index (χ3n) is 3.40. The van der Waals surface area contributed by atoms with Gasteiger partial charge < -0.3 is 15.2 Å². The number of fused-ring (bicyclic) bond motifs is 1. The lowest BCUT2D eigenvalue weighted by Gasteiger charge is -2.14. The van der Waals surface area contributed by atoms with Gasteiger partial charge in [0.2, 0.25) is 0 Å². The molecule has 1 atom stereocenters. The summed E-state index contributed by atoms with van der Waals surface area (Å²) in [6.07, 6.45) is 2.01. The molecular formula is C16H20ClNO2. The number of aliphatic hydroxyl groups is 1. The topological polar surface area (TPSA) is 41.5 Å². The average molecular weight is 294 g/mol. The summed E-state index contributed by atoms with van der Waals surface area (Å²) in [4.78, 5) is 0. The SMILES string of the molecule is Cl.OC(CNC1CC1)COc1cccc2ccccc12. The third kappa shape index (κ3) is 3.85. The van der Waals surface area contributed by atoms with E-state index in [0.29, 0.717) is 19.2 Å². The van der Waals surface area contributed by atoms with Crippen molar-refractivity contribution in [2.45, 2.75) is 25.0 Å². The normalized spacial score (nSPS) is 15.7. The van der Waals surface area contributed by atoms with Crippen molar-refractivity contribution in [3.05, 3.63) is 42.5 Å². The maximum absolute atomic E-state index is 9.87. The Morgan fingerprint density at radius 2 is 1.90 bits per heavy atom. The fourth-order valence-corrected chi connectivity index (χ4v) is 2.16. The van der Waals surface area contributed by atoms with Gasteiger partial charge in [0, 0.05) is 18.0 Å². The van der Waals surface area contributed by atoms with E-state index in [1.54, 1.807) is 0 Å². The van der Waals surface area contributed by atoms with Gasteiger partial charge in [-0.05, 0) is 24.3 Å². The first-order chi connectivity index (χ1) is 9.33. The Morgan fingerprint density at radius 3 is 2.70 bits per heavy atom. The highest BCUT2D eigenvalue weighted by Crippen LogP contribution is 2.25. The van der Waals surface area contributed by atoms with Gasteiger partial charge in [-0.2, -0.15) is 0 Å². The van der Waals surface area contributed by atoms with Gasteiger partial charge in [0.05, 0.1) is 0 Å². The van der Waals surface area contributed by atoms with E-state index in [1.807, 2.05) is 30.3 Å². The number of benzene rings is 2. The molecule has 0 spiro atoms. The van der Waals surface area contributed by atoms with Crippen molar-refractivity contribution in [2.24, 2.45) is 0 Å². The Balaban J connectivity index is 0.00000147. The first-order valence-corrected chi connectivity index (χ1v) is 6.85. The summed E-state index contributed by atoms with van der Waals surface area (Å²) in [5.74, 6) is 0.837. The van der Waals surface area contributed by atoms with Crippen LogP contribution in [0.4, 0.5) is 0 Å². The molecule has 1 aliphatic carbocycles. The Labute approximate surface area is 125 Å². The zero-order valence-corrected chi connectivity index (χ0v) is 12.1. The monoisotopic (exact) mass is 293 g/mol. The molecule has 0 saturated heterocycles. The van der Waals surface area contributed by atoms with E-state index in [9.17, 15) is 5.11 Å². The predicted octanol–water partition coefficient (Wildman–Crippen LogP) is 2.75. The van der Waals surface area contributed by atoms with Gasteiger partial charge in [-0.1, -0.05) is 36.4 Å². The molecule has 0 bridgehead atoms. The summed E-state index contributed by atoms with van der Waals surface area (Å²) in [5, 5.41) is 15.4. The van der Waals surface area contributed by atoms with Crippen LogP contribution in [0.2, 0.25) is 0 Å². The van der Waals surface area contributed by atoms with E-state index < -0.39 is 6.10 Å². The second kappa shape index (κ2) is 6.93. The van der Waals surface area contributed by atoms with Crippen LogP contribution in [-0.4, -0.2) is 30.4 Å². The van der Waals surface area contributed by atoms with Crippen molar-refractivity contribution >= 4 is 23.2 Å². The Hall–Kier alpha value is -1.29. The summed E-state index contributed by atoms with van der Waals surface area (Å²) >= 11 is 0. The van der Waals surface area contributed by atoms with Crippen molar-refractivity contribution in [3.8, 4) is 5.75 Å². The lowest BCUT2D eigenvalue weighted by molar-refractivity contribution is 0.107. The smallest absolute Gasteiger partial charge is 0.127 e. The first kappa shape index (κ1) is 15.1. The Morgan fingerprint density at radius 1 is 1.15 bits per heavy atom. The quantitative estimate of drug-likeness (QED) is 0.860. The highest BCUT2D eigenvalue weighted by atomic mass is 35.5. The van der Waals surface area contributed by atoms with Crippen LogP contribution in [0.5, 0.6) is 5.75 Å². The van der Waals surface area contributed by atoms with Crippen molar-refractivity contribution in [1.82, 2.24) is 5.32 Å². The number of hydrogen-bond donors (Lipinski definition) is 2. The maximum Gasteiger partial charge on any atom is 0.127 e. The van der Waals surface area contributed by atoms with Gasteiger partial charge in [0.15, 0.2) is 0 Å². The second-order valence-electron chi connectivity index (χ2n) is 5.12. The number of rotatable bonds is 6. The lowest BCUT2D eigenvalue weighted by atomic mass is 10.1. The van der Waals surface area contributed by atoms with Gasteiger partial charge in [-0.3, -0.25) is 0 Å². The molecule has 1 saturated carbocycles. The molecule has 0 aromatic heterocycles. The van der Waals surface area contributed by atoms with E-state index in [-0.39, 0.29) is 12.4 Å². The zero-order chi connectivity index (χ0) is 13.1. The molecule has 0 heterocycles. The molecule has 1 unspecified atom stereocenters. The molecule has 0 amide bonds. The van der Waals surface area contributed by atoms with E-state index in [2.05, 4.69) is 17.4 Å². The van der Waals surface area contributed by atoms with Gasteiger partial charge in [0.1, 0.15) is 18.5 Å². The molecule has 3 nitrogen and oxygen atoms in total. The minimum absolute atomic E-state index is 0. The van der Waals surface area contributed by atoms with Crippen molar-refractivity contribution in [1.29, 1.82) is 0 Å². The van der Waals surface area contributed by atoms with Crippen LogP contribution < -0.4 is 10.1 Å². The number of hydrogen-bond acceptors (Lipinski definition) is 3. The van der Waals surface area contributed by atoms with E-state index in [0.717, 1.165) is 16.5 Å². The minimum Gasteiger partial charge on any atom is -0.490 e. The molecule has 2 N–H and O–H groups in total. The molecule has 108 valence electrons. The Kier molecular flexibility index (Phi) is 5.24. The highest BCUT2D eigenvalue weighted by Gasteiger charge is 2.21. The molecule has 0 aliphatic heterocycles. The van der Waals surface area contributed by atoms with Crippen molar-refractivity contribution in [3.63, 3.8) is 0 Å². The summed E-state index contributed by atoms with van der Waals surface area (Å²) in [5.41, 5.74) is 0. The minimum atomic E-state index is -0.459. The lowest BCUT2D eigenvalue weighted by Crippen LogP contribution is -2.32. The highest BCUT2D eigenvalue weighted by molar-refractivity contribution is 5.88. The fourth-order valence-electron chi connectivity index (χ4n) is 2.16. The summed E-state index contributed by atoms with van der Waals surface area (Å²) < 4.78 is 5.74. The van der Waals surface area contributed by atoms with E-state index in [1.165, 1.54) is 12.8 Å². The van der Waals surface area contributed by atoms with E-state index in [4.69, 9.17) is 4.74 Å². The predicted molar refractivity (Wildman–Crippen MR) is 83.7 cm³/mol. The zero-order valence-electron chi connectivity index (χ0n) is 11.3. The number of ether oxygens (including phenoxy) is 1. The van der Waals surface area contributed by atoms with Gasteiger partial charge in [-0.15, -0.1) is 12.4 Å². The van der Waals surface area contributed by atoms with E-state index >= 15 is 0 Å². The number of halogens is 1. The average Bonchev–Trinajstić information content (AvgIpc) is 3.27. The summed E-state index contributed by atoms with van der Waals surface area (Å²) in [6, 6.07) is 14.7. The molecule has 20 heavy (non-hydrogen) atoms. The van der Waals surface area contributed by atoms with Gasteiger partial charge in [0.25, 0.3) is 0 Å². The third-order valence-corrected chi connectivity index (χ3v) is 3.40. The molecule has 0 radical (unpaired) electrons. The molecule has 2 aromatic rings. The fraction of sp³-hybridized carbons (Fsp3) is 0.375. The van der Waals surface area contributed by atoms with Crippen LogP contribution in [-0.2, 0) is 0 Å². The number of nitrogens with one attached hydrogen (secondary N) is 1. The summed E-state index contributed by atoms with van der Waals surface area (Å²) in [7, 11) is 0. The van der Waals surface area contributed by atoms with Crippen LogP contribution >= 0.6 is 12.4 Å². The van der Waals surface area contributed by atoms with Crippen LogP contribution in [0.15, 0.2) is 42.5 Å². The number of aliphatic hydroxyl groups excluding tert-OH is 1. The molecular weight excluding hydrogens is 274 g/mol. The maximum atomic E-state index is 9.87. The van der Waals surface area contributed by atoms with Gasteiger partial charge >= 0.3 is 0 Å². The van der Waals surface area contributed by atoms with Crippen molar-refractivity contribution < 1.29 is 9.84 Å². The molecule has 1 fully saturated rings. The molecule has 3 rings (SSSR count). The van der Waals surface area contributed by atoms with Crippen LogP contribution in [0, 0.1) is 0 Å². The molecule has 1 aliphatic rings. The van der Waals surface area contributed by atoms with Crippen LogP contribution in [0.3, 0.4) is 0 Å². The largest absolute Gasteiger partial charge is 0.490 e. The van der Waals surface area contributed by atoms with Crippen molar-refractivity contribution in [2.75, 3.05) is 13.2 Å². The van der Waals surface area contributed by atoms with Crippen LogP contribution in [0.25, 0.3) is 10.8 Å². The standard InChI is InChI=1S/C16H19NO2.ClH/c18-14(10-17-13-8-9-13)11-19-16-7-3-5-12-4-1-2-6-15(12)16;/h1-7,13-14,17-18H,8-11H2;1H. The summed E-state index contributed by atoms with van der Waals surface area (Å²) in [6.45, 7) is 0.934. The van der Waals surface area contributed by atoms with Crippen LogP contribution in [0.1, 0.15) is 12.8 Å². The second-order valence-corrected chi connectivity index (χ2v) is 5.12. The first-order valence-electron chi connectivity index (χ1n) is 6.85. The molecule has 2 aromatic carbocycles. The molecule has 4 heteroatoms.